The van der Waals surface area contributed by atoms with Crippen LogP contribution in [-0.2, 0) is 16.0 Å². The van der Waals surface area contributed by atoms with Crippen LogP contribution in [0.2, 0.25) is 0 Å². The largest absolute Gasteiger partial charge is 0.497 e. The Balaban J connectivity index is 1.45. The number of amides is 1. The fourth-order valence-electron chi connectivity index (χ4n) is 3.69. The van der Waals surface area contributed by atoms with Gasteiger partial charge in [0.25, 0.3) is 0 Å². The molecule has 1 aromatic rings. The van der Waals surface area contributed by atoms with Crippen molar-refractivity contribution in [1.82, 2.24) is 9.80 Å². The summed E-state index contributed by atoms with van der Waals surface area (Å²) in [4.78, 5) is 17.2. The van der Waals surface area contributed by atoms with E-state index in [0.29, 0.717) is 6.42 Å². The van der Waals surface area contributed by atoms with Crippen molar-refractivity contribution < 1.29 is 14.3 Å². The first kappa shape index (κ1) is 18.2. The Morgan fingerprint density at radius 3 is 3.00 bits per heavy atom. The average molecular weight is 346 g/mol. The number of methoxy groups -OCH3 is 1. The summed E-state index contributed by atoms with van der Waals surface area (Å²) in [5.41, 5.74) is 1.02. The third-order valence-electron chi connectivity index (χ3n) is 5.31. The molecule has 1 amide bonds. The molecule has 2 saturated heterocycles. The molecule has 2 aliphatic heterocycles. The molecule has 0 spiro atoms. The molecule has 5 heteroatoms. The van der Waals surface area contributed by atoms with Crippen molar-refractivity contribution in [2.24, 2.45) is 5.92 Å². The number of hydrogen-bond donors (Lipinski definition) is 0. The Morgan fingerprint density at radius 1 is 1.28 bits per heavy atom. The first-order valence-corrected chi connectivity index (χ1v) is 9.45. The molecular formula is C20H30N2O3. The zero-order chi connectivity index (χ0) is 17.5. The number of ether oxygens (including phenoxy) is 2. The number of benzene rings is 1. The summed E-state index contributed by atoms with van der Waals surface area (Å²) in [6.45, 7) is 6.77. The molecular weight excluding hydrogens is 316 g/mol. The number of carbonyl (C=O) groups excluding carboxylic acids is 1. The number of rotatable bonds is 6. The summed E-state index contributed by atoms with van der Waals surface area (Å²) >= 11 is 0. The molecule has 0 radical (unpaired) electrons. The van der Waals surface area contributed by atoms with Gasteiger partial charge >= 0.3 is 0 Å². The standard InChI is InChI=1S/C20H30N2O3/c1-24-19-5-2-4-18(14-19)15-20(23)22-9-3-8-21(11-12-22)10-6-17-7-13-25-16-17/h2,4-5,14,17H,3,6-13,15-16H2,1H3. The fraction of sp³-hybridized carbons (Fsp3) is 0.650. The van der Waals surface area contributed by atoms with Crippen LogP contribution in [0.4, 0.5) is 0 Å². The summed E-state index contributed by atoms with van der Waals surface area (Å²) in [6, 6.07) is 7.80. The van der Waals surface area contributed by atoms with Gasteiger partial charge in [0, 0.05) is 32.8 Å². The molecule has 25 heavy (non-hydrogen) atoms. The summed E-state index contributed by atoms with van der Waals surface area (Å²) in [5, 5.41) is 0. The van der Waals surface area contributed by atoms with Gasteiger partial charge in [0.1, 0.15) is 5.75 Å². The van der Waals surface area contributed by atoms with Crippen LogP contribution in [0.5, 0.6) is 5.75 Å². The van der Waals surface area contributed by atoms with Crippen molar-refractivity contribution in [3.05, 3.63) is 29.8 Å². The van der Waals surface area contributed by atoms with E-state index >= 15 is 0 Å². The highest BCUT2D eigenvalue weighted by atomic mass is 16.5. The fourth-order valence-corrected chi connectivity index (χ4v) is 3.69. The molecule has 0 bridgehead atoms. The van der Waals surface area contributed by atoms with Gasteiger partial charge in [-0.1, -0.05) is 12.1 Å². The van der Waals surface area contributed by atoms with Gasteiger partial charge in [-0.3, -0.25) is 4.79 Å². The van der Waals surface area contributed by atoms with E-state index in [9.17, 15) is 4.79 Å². The Kier molecular flexibility index (Phi) is 6.70. The number of nitrogens with zero attached hydrogens (tertiary/aromatic N) is 2. The second-order valence-corrected chi connectivity index (χ2v) is 7.12. The van der Waals surface area contributed by atoms with Crippen molar-refractivity contribution >= 4 is 5.91 Å². The second-order valence-electron chi connectivity index (χ2n) is 7.12. The molecule has 1 unspecified atom stereocenters. The van der Waals surface area contributed by atoms with Crippen molar-refractivity contribution in [2.75, 3.05) is 53.0 Å². The van der Waals surface area contributed by atoms with E-state index in [-0.39, 0.29) is 5.91 Å². The van der Waals surface area contributed by atoms with E-state index in [0.717, 1.165) is 69.6 Å². The highest BCUT2D eigenvalue weighted by molar-refractivity contribution is 5.79. The minimum absolute atomic E-state index is 0.222. The van der Waals surface area contributed by atoms with Crippen LogP contribution in [-0.4, -0.2) is 68.8 Å². The molecule has 138 valence electrons. The predicted molar refractivity (Wildman–Crippen MR) is 97.9 cm³/mol. The van der Waals surface area contributed by atoms with E-state index in [1.54, 1.807) is 7.11 Å². The lowest BCUT2D eigenvalue weighted by atomic mass is 10.1. The molecule has 0 aromatic heterocycles. The summed E-state index contributed by atoms with van der Waals surface area (Å²) in [6.07, 6.45) is 3.94. The van der Waals surface area contributed by atoms with Gasteiger partial charge in [0.2, 0.25) is 5.91 Å². The Hall–Kier alpha value is -1.59. The summed E-state index contributed by atoms with van der Waals surface area (Å²) in [5.74, 6) is 1.76. The molecule has 0 saturated carbocycles. The van der Waals surface area contributed by atoms with E-state index in [1.165, 1.54) is 12.8 Å². The first-order chi connectivity index (χ1) is 12.2. The Bertz CT molecular complexity index is 558. The molecule has 3 rings (SSSR count). The molecule has 1 aromatic carbocycles. The van der Waals surface area contributed by atoms with Crippen LogP contribution >= 0.6 is 0 Å². The Morgan fingerprint density at radius 2 is 2.20 bits per heavy atom. The van der Waals surface area contributed by atoms with E-state index in [2.05, 4.69) is 4.90 Å². The number of hydrogen-bond acceptors (Lipinski definition) is 4. The maximum absolute atomic E-state index is 12.6. The molecule has 0 aliphatic carbocycles. The van der Waals surface area contributed by atoms with Crippen molar-refractivity contribution in [3.8, 4) is 5.75 Å². The van der Waals surface area contributed by atoms with E-state index in [1.807, 2.05) is 29.2 Å². The van der Waals surface area contributed by atoms with Gasteiger partial charge in [-0.05, 0) is 56.0 Å². The Labute approximate surface area is 150 Å². The molecule has 0 N–H and O–H groups in total. The zero-order valence-corrected chi connectivity index (χ0v) is 15.3. The normalized spacial score (nSPS) is 22.0. The van der Waals surface area contributed by atoms with Gasteiger partial charge in [-0.2, -0.15) is 0 Å². The smallest absolute Gasteiger partial charge is 0.227 e. The predicted octanol–water partition coefficient (Wildman–Crippen LogP) is 2.20. The average Bonchev–Trinajstić information content (AvgIpc) is 3.04. The lowest BCUT2D eigenvalue weighted by Crippen LogP contribution is -2.36. The van der Waals surface area contributed by atoms with Crippen LogP contribution in [0.25, 0.3) is 0 Å². The SMILES string of the molecule is COc1cccc(CC(=O)N2CCCN(CCC3CCOC3)CC2)c1. The van der Waals surface area contributed by atoms with Gasteiger partial charge in [0.05, 0.1) is 13.5 Å². The second kappa shape index (κ2) is 9.20. The highest BCUT2D eigenvalue weighted by Gasteiger charge is 2.21. The molecule has 1 atom stereocenters. The zero-order valence-electron chi connectivity index (χ0n) is 15.3. The van der Waals surface area contributed by atoms with Crippen LogP contribution in [0.1, 0.15) is 24.8 Å². The quantitative estimate of drug-likeness (QED) is 0.792. The number of carbonyl (C=O) groups is 1. The van der Waals surface area contributed by atoms with Crippen molar-refractivity contribution in [1.29, 1.82) is 0 Å². The lowest BCUT2D eigenvalue weighted by molar-refractivity contribution is -0.130. The monoisotopic (exact) mass is 346 g/mol. The lowest BCUT2D eigenvalue weighted by Gasteiger charge is -2.23. The highest BCUT2D eigenvalue weighted by Crippen LogP contribution is 2.18. The maximum atomic E-state index is 12.6. The third-order valence-corrected chi connectivity index (χ3v) is 5.31. The maximum Gasteiger partial charge on any atom is 0.227 e. The molecule has 2 aliphatic rings. The van der Waals surface area contributed by atoms with Gasteiger partial charge in [0.15, 0.2) is 0 Å². The van der Waals surface area contributed by atoms with Crippen LogP contribution < -0.4 is 4.74 Å². The van der Waals surface area contributed by atoms with E-state index in [4.69, 9.17) is 9.47 Å². The minimum Gasteiger partial charge on any atom is -0.497 e. The molecule has 2 heterocycles. The minimum atomic E-state index is 0.222. The van der Waals surface area contributed by atoms with Crippen LogP contribution in [0.15, 0.2) is 24.3 Å². The van der Waals surface area contributed by atoms with Gasteiger partial charge in [-0.15, -0.1) is 0 Å². The summed E-state index contributed by atoms with van der Waals surface area (Å²) in [7, 11) is 1.65. The van der Waals surface area contributed by atoms with Crippen molar-refractivity contribution in [2.45, 2.75) is 25.7 Å². The molecule has 2 fully saturated rings. The van der Waals surface area contributed by atoms with Crippen molar-refractivity contribution in [3.63, 3.8) is 0 Å². The van der Waals surface area contributed by atoms with Gasteiger partial charge in [-0.25, -0.2) is 0 Å². The first-order valence-electron chi connectivity index (χ1n) is 9.45. The van der Waals surface area contributed by atoms with Crippen LogP contribution in [0.3, 0.4) is 0 Å². The van der Waals surface area contributed by atoms with Gasteiger partial charge < -0.3 is 19.3 Å². The topological polar surface area (TPSA) is 42.0 Å². The molecule has 5 nitrogen and oxygen atoms in total. The van der Waals surface area contributed by atoms with Crippen LogP contribution in [0, 0.1) is 5.92 Å². The third kappa shape index (κ3) is 5.44. The summed E-state index contributed by atoms with van der Waals surface area (Å²) < 4.78 is 10.7. The van der Waals surface area contributed by atoms with E-state index < -0.39 is 0 Å².